The number of hydrogen-bond donors (Lipinski definition) is 2. The number of carbonyl (C=O) groups excluding carboxylic acids is 1. The summed E-state index contributed by atoms with van der Waals surface area (Å²) in [5.41, 5.74) is 5.64. The Morgan fingerprint density at radius 1 is 1.32 bits per heavy atom. The Labute approximate surface area is 117 Å². The molecule has 1 unspecified atom stereocenters. The lowest BCUT2D eigenvalue weighted by atomic mass is 9.73. The standard InChI is InChI=1S/C15H29N3O/c1-18-9-5-6-13(11-18)10-17-14(19)15(12-16)7-3-2-4-8-15/h13H,2-12,16H2,1H3,(H,17,19). The van der Waals surface area contributed by atoms with Gasteiger partial charge in [-0.1, -0.05) is 19.3 Å². The molecule has 0 spiro atoms. The maximum atomic E-state index is 12.5. The number of likely N-dealkylation sites (tertiary alicyclic amines) is 1. The van der Waals surface area contributed by atoms with E-state index in [0.29, 0.717) is 12.5 Å². The van der Waals surface area contributed by atoms with Crippen LogP contribution in [0.5, 0.6) is 0 Å². The van der Waals surface area contributed by atoms with Gasteiger partial charge >= 0.3 is 0 Å². The Balaban J connectivity index is 1.82. The molecule has 2 aliphatic rings. The second-order valence-electron chi connectivity index (χ2n) is 6.53. The molecule has 1 saturated carbocycles. The van der Waals surface area contributed by atoms with E-state index >= 15 is 0 Å². The van der Waals surface area contributed by atoms with E-state index < -0.39 is 0 Å². The minimum absolute atomic E-state index is 0.211. The summed E-state index contributed by atoms with van der Waals surface area (Å²) in [5, 5.41) is 3.19. The third-order valence-corrected chi connectivity index (χ3v) is 4.96. The van der Waals surface area contributed by atoms with Gasteiger partial charge in [-0.15, -0.1) is 0 Å². The molecular weight excluding hydrogens is 238 g/mol. The average molecular weight is 267 g/mol. The first kappa shape index (κ1) is 14.8. The Morgan fingerprint density at radius 2 is 2.05 bits per heavy atom. The molecule has 0 radical (unpaired) electrons. The van der Waals surface area contributed by atoms with Crippen LogP contribution in [0.2, 0.25) is 0 Å². The summed E-state index contributed by atoms with van der Waals surface area (Å²) in [4.78, 5) is 14.8. The van der Waals surface area contributed by atoms with Crippen LogP contribution in [-0.4, -0.2) is 44.0 Å². The van der Waals surface area contributed by atoms with Crippen molar-refractivity contribution in [3.8, 4) is 0 Å². The first-order valence-corrected chi connectivity index (χ1v) is 7.83. The number of rotatable bonds is 4. The number of nitrogens with one attached hydrogen (secondary N) is 1. The van der Waals surface area contributed by atoms with Crippen LogP contribution >= 0.6 is 0 Å². The van der Waals surface area contributed by atoms with Crippen LogP contribution in [0.4, 0.5) is 0 Å². The van der Waals surface area contributed by atoms with Crippen LogP contribution in [0.1, 0.15) is 44.9 Å². The predicted octanol–water partition coefficient (Wildman–Crippen LogP) is 1.35. The fourth-order valence-electron chi connectivity index (χ4n) is 3.62. The minimum Gasteiger partial charge on any atom is -0.355 e. The molecule has 0 bridgehead atoms. The number of amides is 1. The molecule has 1 aliphatic heterocycles. The maximum Gasteiger partial charge on any atom is 0.227 e. The van der Waals surface area contributed by atoms with Crippen LogP contribution in [0, 0.1) is 11.3 Å². The van der Waals surface area contributed by atoms with Gasteiger partial charge in [-0.2, -0.15) is 0 Å². The second-order valence-corrected chi connectivity index (χ2v) is 6.53. The van der Waals surface area contributed by atoms with Gasteiger partial charge in [0.25, 0.3) is 0 Å². The van der Waals surface area contributed by atoms with Crippen molar-refractivity contribution in [2.45, 2.75) is 44.9 Å². The number of piperidine rings is 1. The summed E-state index contributed by atoms with van der Waals surface area (Å²) < 4.78 is 0. The predicted molar refractivity (Wildman–Crippen MR) is 77.8 cm³/mol. The van der Waals surface area contributed by atoms with Crippen LogP contribution in [0.3, 0.4) is 0 Å². The number of nitrogens with zero attached hydrogens (tertiary/aromatic N) is 1. The molecule has 3 N–H and O–H groups in total. The summed E-state index contributed by atoms with van der Waals surface area (Å²) in [6.45, 7) is 3.63. The lowest BCUT2D eigenvalue weighted by molar-refractivity contribution is -0.132. The highest BCUT2D eigenvalue weighted by molar-refractivity contribution is 5.83. The molecule has 2 fully saturated rings. The van der Waals surface area contributed by atoms with Crippen molar-refractivity contribution < 1.29 is 4.79 Å². The van der Waals surface area contributed by atoms with Gasteiger partial charge in [-0.25, -0.2) is 0 Å². The van der Waals surface area contributed by atoms with Crippen molar-refractivity contribution in [1.29, 1.82) is 0 Å². The third-order valence-electron chi connectivity index (χ3n) is 4.96. The molecule has 0 aromatic rings. The average Bonchev–Trinajstić information content (AvgIpc) is 2.45. The summed E-state index contributed by atoms with van der Waals surface area (Å²) >= 11 is 0. The van der Waals surface area contributed by atoms with Crippen LogP contribution in [0.25, 0.3) is 0 Å². The summed E-state index contributed by atoms with van der Waals surface area (Å²) in [6, 6.07) is 0. The number of hydrogen-bond acceptors (Lipinski definition) is 3. The van der Waals surface area contributed by atoms with Gasteiger partial charge in [0.1, 0.15) is 0 Å². The molecule has 1 atom stereocenters. The maximum absolute atomic E-state index is 12.5. The zero-order chi connectivity index (χ0) is 13.7. The van der Waals surface area contributed by atoms with Crippen molar-refractivity contribution in [2.24, 2.45) is 17.1 Å². The summed E-state index contributed by atoms with van der Waals surface area (Å²) in [5.74, 6) is 0.823. The highest BCUT2D eigenvalue weighted by Crippen LogP contribution is 2.35. The molecule has 1 heterocycles. The Hall–Kier alpha value is -0.610. The largest absolute Gasteiger partial charge is 0.355 e. The molecule has 110 valence electrons. The monoisotopic (exact) mass is 267 g/mol. The van der Waals surface area contributed by atoms with Gasteiger partial charge in [0.05, 0.1) is 5.41 Å². The van der Waals surface area contributed by atoms with E-state index in [4.69, 9.17) is 5.73 Å². The molecule has 19 heavy (non-hydrogen) atoms. The quantitative estimate of drug-likeness (QED) is 0.808. The van der Waals surface area contributed by atoms with E-state index in [2.05, 4.69) is 17.3 Å². The topological polar surface area (TPSA) is 58.4 Å². The van der Waals surface area contributed by atoms with Crippen LogP contribution in [-0.2, 0) is 4.79 Å². The normalized spacial score (nSPS) is 28.0. The van der Waals surface area contributed by atoms with Gasteiger partial charge in [-0.05, 0) is 45.2 Å². The van der Waals surface area contributed by atoms with Crippen molar-refractivity contribution in [1.82, 2.24) is 10.2 Å². The zero-order valence-corrected chi connectivity index (χ0v) is 12.3. The molecule has 1 aliphatic carbocycles. The van der Waals surface area contributed by atoms with E-state index in [1.807, 2.05) is 0 Å². The molecule has 1 saturated heterocycles. The van der Waals surface area contributed by atoms with E-state index in [0.717, 1.165) is 38.8 Å². The lowest BCUT2D eigenvalue weighted by Crippen LogP contribution is -2.49. The van der Waals surface area contributed by atoms with Gasteiger partial charge in [-0.3, -0.25) is 4.79 Å². The SMILES string of the molecule is CN1CCCC(CNC(=O)C2(CN)CCCCC2)C1. The molecule has 4 nitrogen and oxygen atoms in total. The Kier molecular flexibility index (Phi) is 5.22. The van der Waals surface area contributed by atoms with Gasteiger partial charge in [0.2, 0.25) is 5.91 Å². The van der Waals surface area contributed by atoms with E-state index in [1.165, 1.54) is 25.8 Å². The fraction of sp³-hybridized carbons (Fsp3) is 0.933. The van der Waals surface area contributed by atoms with E-state index in [9.17, 15) is 4.79 Å². The lowest BCUT2D eigenvalue weighted by Gasteiger charge is -2.36. The second kappa shape index (κ2) is 6.71. The molecule has 2 rings (SSSR count). The molecular formula is C15H29N3O. The number of nitrogens with two attached hydrogens (primary N) is 1. The van der Waals surface area contributed by atoms with Gasteiger partial charge < -0.3 is 16.0 Å². The first-order valence-electron chi connectivity index (χ1n) is 7.83. The highest BCUT2D eigenvalue weighted by atomic mass is 16.2. The van der Waals surface area contributed by atoms with Crippen LogP contribution in [0.15, 0.2) is 0 Å². The number of carbonyl (C=O) groups is 1. The third kappa shape index (κ3) is 3.69. The van der Waals surface area contributed by atoms with Crippen molar-refractivity contribution >= 4 is 5.91 Å². The van der Waals surface area contributed by atoms with Crippen LogP contribution < -0.4 is 11.1 Å². The minimum atomic E-state index is -0.265. The van der Waals surface area contributed by atoms with Crippen molar-refractivity contribution in [3.05, 3.63) is 0 Å². The van der Waals surface area contributed by atoms with Gasteiger partial charge in [0.15, 0.2) is 0 Å². The van der Waals surface area contributed by atoms with E-state index in [-0.39, 0.29) is 11.3 Å². The summed E-state index contributed by atoms with van der Waals surface area (Å²) in [7, 11) is 2.16. The van der Waals surface area contributed by atoms with Crippen molar-refractivity contribution in [2.75, 3.05) is 33.2 Å². The molecule has 1 amide bonds. The summed E-state index contributed by atoms with van der Waals surface area (Å²) in [6.07, 6.45) is 7.98. The fourth-order valence-corrected chi connectivity index (χ4v) is 3.62. The molecule has 0 aromatic heterocycles. The van der Waals surface area contributed by atoms with Gasteiger partial charge in [0, 0.05) is 19.6 Å². The molecule has 0 aromatic carbocycles. The smallest absolute Gasteiger partial charge is 0.227 e. The zero-order valence-electron chi connectivity index (χ0n) is 12.3. The Bertz CT molecular complexity index is 300. The molecule has 4 heteroatoms. The Morgan fingerprint density at radius 3 is 2.68 bits per heavy atom. The van der Waals surface area contributed by atoms with E-state index in [1.54, 1.807) is 0 Å². The van der Waals surface area contributed by atoms with Crippen molar-refractivity contribution in [3.63, 3.8) is 0 Å². The highest BCUT2D eigenvalue weighted by Gasteiger charge is 2.38. The first-order chi connectivity index (χ1) is 9.16.